The van der Waals surface area contributed by atoms with Gasteiger partial charge in [-0.1, -0.05) is 17.9 Å². The van der Waals surface area contributed by atoms with E-state index in [0.717, 1.165) is 37.3 Å². The molecule has 0 saturated carbocycles. The second-order valence-electron chi connectivity index (χ2n) is 9.23. The molecule has 2 N–H and O–H groups in total. The number of nitrogens with one attached hydrogen (secondary N) is 2. The van der Waals surface area contributed by atoms with Gasteiger partial charge in [-0.3, -0.25) is 9.59 Å². The van der Waals surface area contributed by atoms with E-state index in [-0.39, 0.29) is 21.2 Å². The molecule has 0 aliphatic carbocycles. The Morgan fingerprint density at radius 2 is 1.98 bits per heavy atom. The topological polar surface area (TPSA) is 107 Å². The van der Waals surface area contributed by atoms with Crippen molar-refractivity contribution in [2.24, 2.45) is 0 Å². The highest BCUT2D eigenvalue weighted by Gasteiger charge is 2.18. The van der Waals surface area contributed by atoms with Crippen molar-refractivity contribution in [2.45, 2.75) is 25.7 Å². The normalized spacial score (nSPS) is 12.4. The fourth-order valence-electron chi connectivity index (χ4n) is 3.70. The van der Waals surface area contributed by atoms with Crippen LogP contribution in [0.25, 0.3) is 0 Å². The number of carbonyl (C=O) groups excluding carboxylic acids is 2. The Morgan fingerprint density at radius 1 is 1.23 bits per heavy atom. The Balaban J connectivity index is 0.00000411. The summed E-state index contributed by atoms with van der Waals surface area (Å²) in [6.45, 7) is 8.91. The van der Waals surface area contributed by atoms with Crippen molar-refractivity contribution in [3.63, 3.8) is 0 Å². The summed E-state index contributed by atoms with van der Waals surface area (Å²) < 4.78 is 13.4. The maximum Gasteiger partial charge on any atom is 0.246 e. The Morgan fingerprint density at radius 3 is 2.67 bits per heavy atom. The highest BCUT2D eigenvalue weighted by molar-refractivity contribution is 5.91. The van der Waals surface area contributed by atoms with Crippen LogP contribution in [-0.2, 0) is 9.59 Å². The predicted molar refractivity (Wildman–Crippen MR) is 161 cm³/mol. The molecule has 0 aromatic carbocycles. The minimum Gasteiger partial charge on any atom is -0.355 e. The van der Waals surface area contributed by atoms with E-state index in [0.29, 0.717) is 37.6 Å². The minimum atomic E-state index is -0.582. The van der Waals surface area contributed by atoms with E-state index in [2.05, 4.69) is 55.5 Å². The van der Waals surface area contributed by atoms with Crippen molar-refractivity contribution in [3.8, 4) is 11.8 Å². The molecule has 10 nitrogen and oxygen atoms in total. The van der Waals surface area contributed by atoms with Crippen molar-refractivity contribution in [3.05, 3.63) is 61.3 Å². The maximum absolute atomic E-state index is 13.4. The third-order valence-corrected chi connectivity index (χ3v) is 5.67. The number of halogens is 1. The van der Waals surface area contributed by atoms with E-state index < -0.39 is 5.95 Å². The molecular weight excluding hydrogens is 511 g/mol. The standard InChI is InChI=1S/C27H35FN8O2.C2H4.2H2/c1-34(2)15-9-11-25(38)35(3)20-24(37)30-13-6-4-5-10-21-19-31-27(32-22-12-14-29-23(28)18-22)33-26(21)36-16-7-8-17-36;1-2;;/h9,11-12,14,18-19H,4,6-8,13,15-17,20H2,1-3H3,(H,30,37)(H,29,31,32,33);1-2H2;2*1H/b11-9+;;;. The molecule has 1 saturated heterocycles. The average Bonchev–Trinajstić information content (AvgIpc) is 3.47. The van der Waals surface area contributed by atoms with Gasteiger partial charge in [0.1, 0.15) is 5.82 Å². The zero-order valence-corrected chi connectivity index (χ0v) is 23.6. The van der Waals surface area contributed by atoms with Crippen molar-refractivity contribution in [1.29, 1.82) is 0 Å². The smallest absolute Gasteiger partial charge is 0.246 e. The van der Waals surface area contributed by atoms with E-state index in [9.17, 15) is 14.0 Å². The molecule has 0 spiro atoms. The molecule has 1 fully saturated rings. The van der Waals surface area contributed by atoms with Crippen LogP contribution in [0.3, 0.4) is 0 Å². The van der Waals surface area contributed by atoms with Crippen LogP contribution in [-0.4, -0.2) is 90.4 Å². The zero-order chi connectivity index (χ0) is 29.3. The lowest BCUT2D eigenvalue weighted by Crippen LogP contribution is -2.38. The molecule has 218 valence electrons. The number of hydrogen-bond donors (Lipinski definition) is 2. The summed E-state index contributed by atoms with van der Waals surface area (Å²) in [5, 5.41) is 5.84. The van der Waals surface area contributed by atoms with Gasteiger partial charge in [-0.05, 0) is 39.4 Å². The SMILES string of the molecule is C=C.CN(C)C/C=C/C(=O)N(C)CC(=O)NCCCC#Cc1cnc(Nc2ccnc(F)c2)nc1N1CCCC1.[HH].[HH]. The quantitative estimate of drug-likeness (QED) is 0.143. The van der Waals surface area contributed by atoms with Gasteiger partial charge in [0.25, 0.3) is 0 Å². The number of aromatic nitrogens is 3. The van der Waals surface area contributed by atoms with Crippen LogP contribution in [0.4, 0.5) is 21.8 Å². The lowest BCUT2D eigenvalue weighted by molar-refractivity contribution is -0.131. The maximum atomic E-state index is 13.4. The number of likely N-dealkylation sites (N-methyl/N-ethyl adjacent to an activating group) is 2. The van der Waals surface area contributed by atoms with Gasteiger partial charge in [0.05, 0.1) is 18.3 Å². The molecule has 2 aromatic heterocycles. The molecule has 1 aliphatic heterocycles. The van der Waals surface area contributed by atoms with Crippen LogP contribution in [0.1, 0.15) is 34.1 Å². The van der Waals surface area contributed by atoms with E-state index in [4.69, 9.17) is 0 Å². The molecule has 0 unspecified atom stereocenters. The number of pyridine rings is 1. The van der Waals surface area contributed by atoms with Gasteiger partial charge in [-0.25, -0.2) is 9.97 Å². The first kappa shape index (κ1) is 31.9. The summed E-state index contributed by atoms with van der Waals surface area (Å²) in [7, 11) is 5.43. The number of amides is 2. The molecular formula is C29H43FN8O2. The molecule has 3 rings (SSSR count). The van der Waals surface area contributed by atoms with Gasteiger partial charge in [0.2, 0.25) is 23.7 Å². The summed E-state index contributed by atoms with van der Waals surface area (Å²) in [4.78, 5) is 42.2. The monoisotopic (exact) mass is 554 g/mol. The van der Waals surface area contributed by atoms with Crippen molar-refractivity contribution >= 4 is 29.3 Å². The molecule has 11 heteroatoms. The molecule has 0 atom stereocenters. The highest BCUT2D eigenvalue weighted by Crippen LogP contribution is 2.24. The Labute approximate surface area is 239 Å². The van der Waals surface area contributed by atoms with Gasteiger partial charge < -0.3 is 25.3 Å². The Kier molecular flexibility index (Phi) is 13.8. The van der Waals surface area contributed by atoms with Crippen LogP contribution >= 0.6 is 0 Å². The summed E-state index contributed by atoms with van der Waals surface area (Å²) in [5.41, 5.74) is 1.24. The fraction of sp³-hybridized carbons (Fsp3) is 0.414. The molecule has 1 aliphatic rings. The zero-order valence-electron chi connectivity index (χ0n) is 23.6. The van der Waals surface area contributed by atoms with Crippen LogP contribution in [0.2, 0.25) is 0 Å². The van der Waals surface area contributed by atoms with Crippen LogP contribution < -0.4 is 15.5 Å². The second-order valence-corrected chi connectivity index (χ2v) is 9.23. The van der Waals surface area contributed by atoms with E-state index in [1.54, 1.807) is 25.4 Å². The number of carbonyl (C=O) groups is 2. The van der Waals surface area contributed by atoms with Gasteiger partial charge in [-0.15, -0.1) is 13.2 Å². The van der Waals surface area contributed by atoms with Crippen molar-refractivity contribution in [2.75, 3.05) is 64.1 Å². The number of hydrogen-bond acceptors (Lipinski definition) is 8. The summed E-state index contributed by atoms with van der Waals surface area (Å²) >= 11 is 0. The fourth-order valence-corrected chi connectivity index (χ4v) is 3.70. The highest BCUT2D eigenvalue weighted by atomic mass is 19.1. The predicted octanol–water partition coefficient (Wildman–Crippen LogP) is 3.47. The lowest BCUT2D eigenvalue weighted by Gasteiger charge is -2.18. The van der Waals surface area contributed by atoms with Crippen LogP contribution in [0, 0.1) is 17.8 Å². The van der Waals surface area contributed by atoms with Crippen molar-refractivity contribution < 1.29 is 16.8 Å². The molecule has 40 heavy (non-hydrogen) atoms. The van der Waals surface area contributed by atoms with Crippen LogP contribution in [0.15, 0.2) is 49.8 Å². The minimum absolute atomic E-state index is 0. The van der Waals surface area contributed by atoms with E-state index in [1.165, 1.54) is 23.2 Å². The van der Waals surface area contributed by atoms with Crippen molar-refractivity contribution in [1.82, 2.24) is 30.1 Å². The largest absolute Gasteiger partial charge is 0.355 e. The number of unbranched alkanes of at least 4 members (excludes halogenated alkanes) is 1. The Hall–Kier alpha value is -4.30. The van der Waals surface area contributed by atoms with Gasteiger partial charge in [0.15, 0.2) is 0 Å². The Bertz CT molecular complexity index is 1210. The first-order valence-corrected chi connectivity index (χ1v) is 13.1. The average molecular weight is 555 g/mol. The second kappa shape index (κ2) is 17.3. The molecule has 2 amide bonds. The number of nitrogens with zero attached hydrogens (tertiary/aromatic N) is 6. The lowest BCUT2D eigenvalue weighted by atomic mass is 10.2. The molecule has 2 aromatic rings. The number of anilines is 3. The van der Waals surface area contributed by atoms with Gasteiger partial charge in [0, 0.05) is 66.5 Å². The van der Waals surface area contributed by atoms with E-state index in [1.807, 2.05) is 19.0 Å². The first-order chi connectivity index (χ1) is 19.3. The molecule has 3 heterocycles. The van der Waals surface area contributed by atoms with Gasteiger partial charge in [-0.2, -0.15) is 9.37 Å². The molecule has 0 bridgehead atoms. The van der Waals surface area contributed by atoms with E-state index >= 15 is 0 Å². The summed E-state index contributed by atoms with van der Waals surface area (Å²) in [6, 6.07) is 2.93. The molecule has 0 radical (unpaired) electrons. The number of rotatable bonds is 11. The van der Waals surface area contributed by atoms with Gasteiger partial charge >= 0.3 is 0 Å². The third-order valence-electron chi connectivity index (χ3n) is 5.67. The summed E-state index contributed by atoms with van der Waals surface area (Å²) in [6.07, 6.45) is 9.72. The van der Waals surface area contributed by atoms with Crippen LogP contribution in [0.5, 0.6) is 0 Å². The third kappa shape index (κ3) is 11.2. The first-order valence-electron chi connectivity index (χ1n) is 13.1. The summed E-state index contributed by atoms with van der Waals surface area (Å²) in [5.74, 6) is 6.42.